The molecule has 0 fully saturated rings. The molecule has 1 atom stereocenters. The minimum Gasteiger partial charge on any atom is -0.309 e. The lowest BCUT2D eigenvalue weighted by Gasteiger charge is -2.21. The van der Waals surface area contributed by atoms with Gasteiger partial charge in [-0.25, -0.2) is 8.42 Å². The number of sulfonamides is 1. The molecule has 0 saturated carbocycles. The van der Waals surface area contributed by atoms with E-state index < -0.39 is 10.0 Å². The summed E-state index contributed by atoms with van der Waals surface area (Å²) in [6, 6.07) is 8.61. The minimum atomic E-state index is -3.81. The molecule has 0 unspecified atom stereocenters. The van der Waals surface area contributed by atoms with E-state index in [4.69, 9.17) is 0 Å². The van der Waals surface area contributed by atoms with Crippen LogP contribution in [0.3, 0.4) is 0 Å². The fraction of sp³-hybridized carbons (Fsp3) is 0.278. The lowest BCUT2D eigenvalue weighted by atomic mass is 10.1. The number of rotatable bonds is 3. The molecule has 2 aromatic carbocycles. The van der Waals surface area contributed by atoms with Crippen LogP contribution in [0.25, 0.3) is 0 Å². The quantitative estimate of drug-likeness (QED) is 0.667. The summed E-state index contributed by atoms with van der Waals surface area (Å²) >= 11 is 6.77. The van der Waals surface area contributed by atoms with Crippen LogP contribution in [0.2, 0.25) is 0 Å². The first kappa shape index (κ1) is 19.4. The Morgan fingerprint density at radius 3 is 2.50 bits per heavy atom. The van der Waals surface area contributed by atoms with Gasteiger partial charge in [-0.1, -0.05) is 15.9 Å². The molecule has 0 radical (unpaired) electrons. The largest absolute Gasteiger partial charge is 0.309 e. The van der Waals surface area contributed by atoms with Gasteiger partial charge in [-0.05, 0) is 77.7 Å². The van der Waals surface area contributed by atoms with Gasteiger partial charge in [0, 0.05) is 33.3 Å². The van der Waals surface area contributed by atoms with E-state index in [0.29, 0.717) is 22.3 Å². The van der Waals surface area contributed by atoms with Crippen molar-refractivity contribution in [2.45, 2.75) is 38.1 Å². The smallest absolute Gasteiger partial charge is 0.263 e. The van der Waals surface area contributed by atoms with Gasteiger partial charge < -0.3 is 4.90 Å². The number of fused-ring (bicyclic) bond motifs is 1. The molecular weight excluding hydrogens is 484 g/mol. The number of benzene rings is 2. The van der Waals surface area contributed by atoms with Gasteiger partial charge in [0.05, 0.1) is 0 Å². The van der Waals surface area contributed by atoms with E-state index in [-0.39, 0.29) is 16.8 Å². The number of halogens is 2. The van der Waals surface area contributed by atoms with Gasteiger partial charge in [0.2, 0.25) is 5.91 Å². The van der Waals surface area contributed by atoms with Crippen LogP contribution in [0, 0.1) is 6.92 Å². The molecule has 1 aliphatic rings. The summed E-state index contributed by atoms with van der Waals surface area (Å²) in [5, 5.41) is 0. The molecule has 0 bridgehead atoms. The van der Waals surface area contributed by atoms with Crippen LogP contribution < -0.4 is 9.62 Å². The van der Waals surface area contributed by atoms with E-state index in [9.17, 15) is 13.2 Å². The Balaban J connectivity index is 2.03. The summed E-state index contributed by atoms with van der Waals surface area (Å²) in [6.45, 7) is 5.33. The Bertz CT molecular complexity index is 1010. The third-order valence-electron chi connectivity index (χ3n) is 4.39. The zero-order valence-electron chi connectivity index (χ0n) is 14.5. The van der Waals surface area contributed by atoms with Crippen molar-refractivity contribution in [1.82, 2.24) is 0 Å². The predicted molar refractivity (Wildman–Crippen MR) is 110 cm³/mol. The average Bonchev–Trinajstić information content (AvgIpc) is 2.84. The zero-order chi connectivity index (χ0) is 19.2. The average molecular weight is 502 g/mol. The highest BCUT2D eigenvalue weighted by Gasteiger charge is 2.32. The zero-order valence-corrected chi connectivity index (χ0v) is 18.5. The number of hydrogen-bond acceptors (Lipinski definition) is 3. The molecule has 0 aromatic heterocycles. The number of aryl methyl sites for hydroxylation is 1. The summed E-state index contributed by atoms with van der Waals surface area (Å²) in [4.78, 5) is 13.7. The fourth-order valence-electron chi connectivity index (χ4n) is 3.22. The van der Waals surface area contributed by atoms with E-state index in [1.807, 2.05) is 13.8 Å². The maximum Gasteiger partial charge on any atom is 0.263 e. The Kier molecular flexibility index (Phi) is 5.20. The van der Waals surface area contributed by atoms with Gasteiger partial charge in [0.25, 0.3) is 10.0 Å². The van der Waals surface area contributed by atoms with Gasteiger partial charge in [-0.15, -0.1) is 0 Å². The van der Waals surface area contributed by atoms with Gasteiger partial charge >= 0.3 is 0 Å². The van der Waals surface area contributed by atoms with Crippen LogP contribution in [-0.4, -0.2) is 20.4 Å². The lowest BCUT2D eigenvalue weighted by Crippen LogP contribution is -2.33. The number of carbonyl (C=O) groups is 1. The summed E-state index contributed by atoms with van der Waals surface area (Å²) in [7, 11) is -3.81. The molecule has 138 valence electrons. The summed E-state index contributed by atoms with van der Waals surface area (Å²) < 4.78 is 29.8. The molecule has 1 heterocycles. The lowest BCUT2D eigenvalue weighted by molar-refractivity contribution is -0.116. The standard InChI is InChI=1S/C18H18Br2N2O3S/c1-10-6-14(4-5-15(10)19)21-26(24,25)18-9-17-13(8-16(18)20)7-11(2)22(17)12(3)23/h4-6,8-9,11,21H,7H2,1-3H3/t11-/m1/s1. The number of carbonyl (C=O) groups excluding carboxylic acids is 1. The highest BCUT2D eigenvalue weighted by atomic mass is 79.9. The van der Waals surface area contributed by atoms with Crippen LogP contribution in [0.15, 0.2) is 44.2 Å². The van der Waals surface area contributed by atoms with Crippen molar-refractivity contribution >= 4 is 59.2 Å². The number of nitrogens with zero attached hydrogens (tertiary/aromatic N) is 1. The fourth-order valence-corrected chi connectivity index (χ4v) is 5.63. The van der Waals surface area contributed by atoms with E-state index in [0.717, 1.165) is 15.6 Å². The first-order valence-corrected chi connectivity index (χ1v) is 11.1. The van der Waals surface area contributed by atoms with Crippen molar-refractivity contribution in [2.75, 3.05) is 9.62 Å². The first-order chi connectivity index (χ1) is 12.1. The third-order valence-corrected chi connectivity index (χ3v) is 7.62. The van der Waals surface area contributed by atoms with Crippen molar-refractivity contribution in [1.29, 1.82) is 0 Å². The molecule has 1 N–H and O–H groups in total. The Labute approximate surface area is 170 Å². The normalized spacial score (nSPS) is 16.5. The van der Waals surface area contributed by atoms with E-state index >= 15 is 0 Å². The predicted octanol–water partition coefficient (Wildman–Crippen LogP) is 4.62. The van der Waals surface area contributed by atoms with Crippen molar-refractivity contribution < 1.29 is 13.2 Å². The first-order valence-electron chi connectivity index (χ1n) is 8.01. The summed E-state index contributed by atoms with van der Waals surface area (Å²) in [5.41, 5.74) is 3.02. The van der Waals surface area contributed by atoms with Crippen LogP contribution >= 0.6 is 31.9 Å². The molecule has 5 nitrogen and oxygen atoms in total. The van der Waals surface area contributed by atoms with Gasteiger partial charge in [0.1, 0.15) is 4.90 Å². The third kappa shape index (κ3) is 3.54. The van der Waals surface area contributed by atoms with E-state index in [1.165, 1.54) is 6.92 Å². The molecule has 26 heavy (non-hydrogen) atoms. The Hall–Kier alpha value is -1.38. The molecule has 2 aromatic rings. The molecule has 0 spiro atoms. The molecule has 0 saturated heterocycles. The highest BCUT2D eigenvalue weighted by molar-refractivity contribution is 9.10. The number of nitrogens with one attached hydrogen (secondary N) is 1. The van der Waals surface area contributed by atoms with Crippen molar-refractivity contribution in [3.05, 3.63) is 50.4 Å². The molecule has 3 rings (SSSR count). The Morgan fingerprint density at radius 2 is 1.88 bits per heavy atom. The second-order valence-electron chi connectivity index (χ2n) is 6.42. The molecular formula is C18H18Br2N2O3S. The number of anilines is 2. The molecule has 1 aliphatic heterocycles. The van der Waals surface area contributed by atoms with Crippen molar-refractivity contribution in [3.63, 3.8) is 0 Å². The SMILES string of the molecule is CC(=O)N1c2cc(S(=O)(=O)Nc3ccc(Br)c(C)c3)c(Br)cc2C[C@H]1C. The van der Waals surface area contributed by atoms with Crippen molar-refractivity contribution in [3.8, 4) is 0 Å². The topological polar surface area (TPSA) is 66.5 Å². The second-order valence-corrected chi connectivity index (χ2v) is 9.78. The van der Waals surface area contributed by atoms with E-state index in [1.54, 1.807) is 35.2 Å². The van der Waals surface area contributed by atoms with Gasteiger partial charge in [-0.3, -0.25) is 9.52 Å². The number of amides is 1. The van der Waals surface area contributed by atoms with E-state index in [2.05, 4.69) is 36.6 Å². The van der Waals surface area contributed by atoms with Gasteiger partial charge in [0.15, 0.2) is 0 Å². The van der Waals surface area contributed by atoms with Crippen molar-refractivity contribution in [2.24, 2.45) is 0 Å². The highest BCUT2D eigenvalue weighted by Crippen LogP contribution is 2.38. The maximum atomic E-state index is 12.9. The molecule has 1 amide bonds. The van der Waals surface area contributed by atoms with Crippen LogP contribution in [0.1, 0.15) is 25.0 Å². The maximum absolute atomic E-state index is 12.9. The minimum absolute atomic E-state index is 0.00874. The summed E-state index contributed by atoms with van der Waals surface area (Å²) in [5.74, 6) is -0.0987. The molecule has 0 aliphatic carbocycles. The monoisotopic (exact) mass is 500 g/mol. The van der Waals surface area contributed by atoms with Crippen LogP contribution in [-0.2, 0) is 21.2 Å². The second kappa shape index (κ2) is 6.98. The van der Waals surface area contributed by atoms with Crippen LogP contribution in [0.5, 0.6) is 0 Å². The number of hydrogen-bond donors (Lipinski definition) is 1. The summed E-state index contributed by atoms with van der Waals surface area (Å²) in [6.07, 6.45) is 0.702. The van der Waals surface area contributed by atoms with Gasteiger partial charge in [-0.2, -0.15) is 0 Å². The Morgan fingerprint density at radius 1 is 1.19 bits per heavy atom. The molecule has 8 heteroatoms. The van der Waals surface area contributed by atoms with Crippen LogP contribution in [0.4, 0.5) is 11.4 Å².